The number of hydrogen-bond donors (Lipinski definition) is 2. The third-order valence-electron chi connectivity index (χ3n) is 2.93. The molecule has 17 heavy (non-hydrogen) atoms. The number of carboxylic acids is 1. The molecule has 1 aromatic heterocycles. The van der Waals surface area contributed by atoms with Gasteiger partial charge in [-0.05, 0) is 26.2 Å². The maximum Gasteiger partial charge on any atom is 0.326 e. The van der Waals surface area contributed by atoms with Gasteiger partial charge in [-0.15, -0.1) is 0 Å². The standard InChI is InChI=1S/C11H15N3O3/c1-7-12-9(6-10(15)13-7)14-5-3-2-4-8(14)11(16)17/h6,8H,2-5H2,1H3,(H,16,17)(H,12,13,15). The number of H-pyrrole nitrogens is 1. The van der Waals surface area contributed by atoms with Crippen molar-refractivity contribution in [3.63, 3.8) is 0 Å². The van der Waals surface area contributed by atoms with Crippen molar-refractivity contribution in [2.75, 3.05) is 11.4 Å². The Morgan fingerprint density at radius 1 is 1.59 bits per heavy atom. The van der Waals surface area contributed by atoms with Crippen molar-refractivity contribution in [2.45, 2.75) is 32.2 Å². The minimum atomic E-state index is -0.857. The molecule has 0 bridgehead atoms. The second-order valence-electron chi connectivity index (χ2n) is 4.23. The zero-order chi connectivity index (χ0) is 12.4. The summed E-state index contributed by atoms with van der Waals surface area (Å²) in [5, 5.41) is 9.15. The number of hydrogen-bond acceptors (Lipinski definition) is 4. The highest BCUT2D eigenvalue weighted by atomic mass is 16.4. The van der Waals surface area contributed by atoms with E-state index >= 15 is 0 Å². The highest BCUT2D eigenvalue weighted by molar-refractivity contribution is 5.77. The Bertz CT molecular complexity index is 483. The third-order valence-corrected chi connectivity index (χ3v) is 2.93. The maximum absolute atomic E-state index is 11.4. The molecule has 1 fully saturated rings. The Labute approximate surface area is 98.3 Å². The van der Waals surface area contributed by atoms with Crippen LogP contribution in [0.1, 0.15) is 25.1 Å². The second kappa shape index (κ2) is 4.57. The molecule has 6 nitrogen and oxygen atoms in total. The van der Waals surface area contributed by atoms with Crippen LogP contribution in [0.25, 0.3) is 0 Å². The van der Waals surface area contributed by atoms with Crippen LogP contribution in [0.5, 0.6) is 0 Å². The van der Waals surface area contributed by atoms with E-state index in [1.165, 1.54) is 6.07 Å². The van der Waals surface area contributed by atoms with Crippen molar-refractivity contribution in [2.24, 2.45) is 0 Å². The summed E-state index contributed by atoms with van der Waals surface area (Å²) in [7, 11) is 0. The summed E-state index contributed by atoms with van der Waals surface area (Å²) in [5.41, 5.74) is -0.248. The van der Waals surface area contributed by atoms with E-state index in [9.17, 15) is 9.59 Å². The molecule has 2 N–H and O–H groups in total. The number of aromatic amines is 1. The number of aromatic nitrogens is 2. The molecule has 1 aromatic rings. The molecule has 1 saturated heterocycles. The zero-order valence-corrected chi connectivity index (χ0v) is 9.64. The number of piperidine rings is 1. The minimum absolute atomic E-state index is 0.248. The number of carbonyl (C=O) groups is 1. The van der Waals surface area contributed by atoms with Gasteiger partial charge in [-0.3, -0.25) is 4.79 Å². The topological polar surface area (TPSA) is 86.3 Å². The Kier molecular flexibility index (Phi) is 3.12. The number of anilines is 1. The van der Waals surface area contributed by atoms with Gasteiger partial charge in [0, 0.05) is 12.6 Å². The van der Waals surface area contributed by atoms with E-state index in [1.807, 2.05) is 0 Å². The molecule has 1 aliphatic rings. The molecule has 2 rings (SSSR count). The lowest BCUT2D eigenvalue weighted by atomic mass is 10.0. The van der Waals surface area contributed by atoms with Gasteiger partial charge in [0.25, 0.3) is 5.56 Å². The molecule has 2 heterocycles. The first kappa shape index (κ1) is 11.6. The molecule has 0 spiro atoms. The van der Waals surface area contributed by atoms with Crippen molar-refractivity contribution in [3.8, 4) is 0 Å². The van der Waals surface area contributed by atoms with Crippen molar-refractivity contribution in [1.82, 2.24) is 9.97 Å². The number of aliphatic carboxylic acids is 1. The lowest BCUT2D eigenvalue weighted by Crippen LogP contribution is -2.45. The molecule has 0 radical (unpaired) electrons. The summed E-state index contributed by atoms with van der Waals surface area (Å²) in [6.07, 6.45) is 2.43. The lowest BCUT2D eigenvalue weighted by molar-refractivity contribution is -0.139. The molecule has 1 aliphatic heterocycles. The first-order valence-electron chi connectivity index (χ1n) is 5.65. The Morgan fingerprint density at radius 2 is 2.35 bits per heavy atom. The Morgan fingerprint density at radius 3 is 3.00 bits per heavy atom. The average molecular weight is 237 g/mol. The minimum Gasteiger partial charge on any atom is -0.480 e. The largest absolute Gasteiger partial charge is 0.480 e. The van der Waals surface area contributed by atoms with Crippen LogP contribution in [0, 0.1) is 6.92 Å². The molecule has 0 aromatic carbocycles. The van der Waals surface area contributed by atoms with Crippen molar-refractivity contribution in [1.29, 1.82) is 0 Å². The highest BCUT2D eigenvalue weighted by Gasteiger charge is 2.29. The monoisotopic (exact) mass is 237 g/mol. The summed E-state index contributed by atoms with van der Waals surface area (Å²) in [4.78, 5) is 31.0. The first-order chi connectivity index (χ1) is 8.08. The van der Waals surface area contributed by atoms with Gasteiger partial charge < -0.3 is 15.0 Å². The van der Waals surface area contributed by atoms with Gasteiger partial charge in [-0.25, -0.2) is 9.78 Å². The zero-order valence-electron chi connectivity index (χ0n) is 9.64. The predicted molar refractivity (Wildman–Crippen MR) is 62.2 cm³/mol. The fraction of sp³-hybridized carbons (Fsp3) is 0.545. The van der Waals surface area contributed by atoms with Crippen LogP contribution in [0.15, 0.2) is 10.9 Å². The summed E-state index contributed by atoms with van der Waals surface area (Å²) >= 11 is 0. The average Bonchev–Trinajstić information content (AvgIpc) is 2.27. The van der Waals surface area contributed by atoms with Gasteiger partial charge >= 0.3 is 5.97 Å². The Balaban J connectivity index is 2.35. The molecule has 6 heteroatoms. The number of rotatable bonds is 2. The van der Waals surface area contributed by atoms with Crippen LogP contribution in [-0.2, 0) is 4.79 Å². The van der Waals surface area contributed by atoms with E-state index < -0.39 is 12.0 Å². The maximum atomic E-state index is 11.4. The number of nitrogens with zero attached hydrogens (tertiary/aromatic N) is 2. The van der Waals surface area contributed by atoms with E-state index in [2.05, 4.69) is 9.97 Å². The van der Waals surface area contributed by atoms with Gasteiger partial charge in [-0.1, -0.05) is 0 Å². The van der Waals surface area contributed by atoms with Gasteiger partial charge in [0.15, 0.2) is 0 Å². The van der Waals surface area contributed by atoms with E-state index in [0.717, 1.165) is 12.8 Å². The van der Waals surface area contributed by atoms with Crippen LogP contribution >= 0.6 is 0 Å². The summed E-state index contributed by atoms with van der Waals surface area (Å²) in [6, 6.07) is 0.784. The van der Waals surface area contributed by atoms with Crippen LogP contribution in [0.3, 0.4) is 0 Å². The van der Waals surface area contributed by atoms with Crippen LogP contribution in [-0.4, -0.2) is 33.6 Å². The first-order valence-corrected chi connectivity index (χ1v) is 5.65. The van der Waals surface area contributed by atoms with E-state index in [1.54, 1.807) is 11.8 Å². The van der Waals surface area contributed by atoms with Crippen molar-refractivity contribution < 1.29 is 9.90 Å². The van der Waals surface area contributed by atoms with Gasteiger partial charge in [0.2, 0.25) is 0 Å². The summed E-state index contributed by atoms with van der Waals surface area (Å²) in [5.74, 6) is 0.102. The van der Waals surface area contributed by atoms with Crippen molar-refractivity contribution >= 4 is 11.8 Å². The fourth-order valence-corrected chi connectivity index (χ4v) is 2.17. The molecule has 0 amide bonds. The molecule has 92 valence electrons. The number of nitrogens with one attached hydrogen (secondary N) is 1. The molecule has 0 saturated carbocycles. The lowest BCUT2D eigenvalue weighted by Gasteiger charge is -2.33. The summed E-state index contributed by atoms with van der Waals surface area (Å²) in [6.45, 7) is 2.32. The Hall–Kier alpha value is -1.85. The fourth-order valence-electron chi connectivity index (χ4n) is 2.17. The highest BCUT2D eigenvalue weighted by Crippen LogP contribution is 2.22. The molecule has 1 atom stereocenters. The normalized spacial score (nSPS) is 20.3. The second-order valence-corrected chi connectivity index (χ2v) is 4.23. The summed E-state index contributed by atoms with van der Waals surface area (Å²) < 4.78 is 0. The smallest absolute Gasteiger partial charge is 0.326 e. The van der Waals surface area contributed by atoms with Crippen LogP contribution in [0.4, 0.5) is 5.82 Å². The van der Waals surface area contributed by atoms with Crippen molar-refractivity contribution in [3.05, 3.63) is 22.2 Å². The van der Waals surface area contributed by atoms with Gasteiger partial charge in [-0.2, -0.15) is 0 Å². The SMILES string of the molecule is Cc1nc(N2CCCCC2C(=O)O)cc(=O)[nH]1. The third kappa shape index (κ3) is 2.46. The van der Waals surface area contributed by atoms with Gasteiger partial charge in [0.05, 0.1) is 0 Å². The van der Waals surface area contributed by atoms with E-state index in [-0.39, 0.29) is 5.56 Å². The molecule has 1 unspecified atom stereocenters. The predicted octanol–water partition coefficient (Wildman–Crippen LogP) is 0.522. The van der Waals surface area contributed by atoms with Crippen LogP contribution in [0.2, 0.25) is 0 Å². The number of aryl methyl sites for hydroxylation is 1. The number of carboxylic acid groups (broad SMARTS) is 1. The molecule has 0 aliphatic carbocycles. The molecular formula is C11H15N3O3. The van der Waals surface area contributed by atoms with Gasteiger partial charge in [0.1, 0.15) is 17.7 Å². The van der Waals surface area contributed by atoms with Crippen LogP contribution < -0.4 is 10.5 Å². The molecular weight excluding hydrogens is 222 g/mol. The van der Waals surface area contributed by atoms with E-state index in [0.29, 0.717) is 24.6 Å². The van der Waals surface area contributed by atoms with E-state index in [4.69, 9.17) is 5.11 Å². The quantitative estimate of drug-likeness (QED) is 0.783.